The molecule has 1 aromatic heterocycles. The van der Waals surface area contributed by atoms with Crippen LogP contribution >= 0.6 is 15.9 Å². The smallest absolute Gasteiger partial charge is 0.214 e. The molecule has 0 aliphatic carbocycles. The van der Waals surface area contributed by atoms with Gasteiger partial charge < -0.3 is 18.6 Å². The molecule has 184 valence electrons. The van der Waals surface area contributed by atoms with E-state index >= 15 is 0 Å². The summed E-state index contributed by atoms with van der Waals surface area (Å²) >= 11 is 3.61. The lowest BCUT2D eigenvalue weighted by atomic mass is 9.97. The molecular weight excluding hydrogens is 508 g/mol. The van der Waals surface area contributed by atoms with E-state index in [0.717, 1.165) is 57.2 Å². The molecule has 0 radical (unpaired) electrons. The molecule has 0 unspecified atom stereocenters. The summed E-state index contributed by atoms with van der Waals surface area (Å²) in [5.74, 6) is 3.99. The van der Waals surface area contributed by atoms with Gasteiger partial charge in [-0.25, -0.2) is 5.01 Å². The van der Waals surface area contributed by atoms with Crippen LogP contribution in [-0.4, -0.2) is 24.4 Å². The van der Waals surface area contributed by atoms with Gasteiger partial charge in [-0.15, -0.1) is 0 Å². The van der Waals surface area contributed by atoms with Gasteiger partial charge in [-0.2, -0.15) is 5.10 Å². The van der Waals surface area contributed by atoms with Crippen LogP contribution in [0.15, 0.2) is 62.5 Å². The van der Waals surface area contributed by atoms with Crippen molar-refractivity contribution in [1.29, 1.82) is 0 Å². The Bertz CT molecular complexity index is 1220. The lowest BCUT2D eigenvalue weighted by Crippen LogP contribution is -2.33. The highest BCUT2D eigenvalue weighted by molar-refractivity contribution is 9.10. The van der Waals surface area contributed by atoms with Crippen molar-refractivity contribution in [2.75, 3.05) is 13.7 Å². The molecule has 35 heavy (non-hydrogen) atoms. The minimum atomic E-state index is -0.394. The molecule has 0 bridgehead atoms. The van der Waals surface area contributed by atoms with E-state index in [4.69, 9.17) is 23.7 Å². The number of halogens is 1. The zero-order valence-corrected chi connectivity index (χ0v) is 22.0. The van der Waals surface area contributed by atoms with Crippen molar-refractivity contribution in [3.05, 3.63) is 75.7 Å². The molecular formula is C28H31BrN2O4. The molecule has 2 aliphatic rings. The minimum Gasteiger partial charge on any atom is -0.493 e. The van der Waals surface area contributed by atoms with Crippen molar-refractivity contribution < 1.29 is 18.6 Å². The first-order valence-corrected chi connectivity index (χ1v) is 13.1. The largest absolute Gasteiger partial charge is 0.493 e. The number of benzene rings is 2. The van der Waals surface area contributed by atoms with E-state index in [9.17, 15) is 0 Å². The second kappa shape index (κ2) is 10.4. The first-order chi connectivity index (χ1) is 17.1. The third-order valence-corrected chi connectivity index (χ3v) is 7.00. The average molecular weight is 539 g/mol. The number of nitrogens with zero attached hydrogens (tertiary/aromatic N) is 2. The summed E-state index contributed by atoms with van der Waals surface area (Å²) in [6.07, 6.45) is 5.00. The van der Waals surface area contributed by atoms with E-state index in [1.54, 1.807) is 7.11 Å². The summed E-state index contributed by atoms with van der Waals surface area (Å²) in [5.41, 5.74) is 2.99. The van der Waals surface area contributed by atoms with Crippen molar-refractivity contribution in [2.24, 2.45) is 5.10 Å². The van der Waals surface area contributed by atoms with E-state index in [0.29, 0.717) is 12.4 Å². The van der Waals surface area contributed by atoms with Gasteiger partial charge in [-0.3, -0.25) is 0 Å². The zero-order chi connectivity index (χ0) is 24.4. The molecule has 2 aliphatic heterocycles. The van der Waals surface area contributed by atoms with Gasteiger partial charge >= 0.3 is 0 Å². The molecule has 0 fully saturated rings. The monoisotopic (exact) mass is 538 g/mol. The quantitative estimate of drug-likeness (QED) is 0.263. The summed E-state index contributed by atoms with van der Waals surface area (Å²) in [5, 5.41) is 7.02. The van der Waals surface area contributed by atoms with Crippen LogP contribution in [0.1, 0.15) is 73.9 Å². The average Bonchev–Trinajstić information content (AvgIpc) is 3.50. The number of rotatable bonds is 9. The standard InChI is InChI=1S/C28H31BrN2O4/c1-4-5-6-7-14-33-26-12-9-19(15-27(26)32-3)28-31-23(21-16-20(29)10-13-24(21)35-28)17-22(30-31)25-11-8-18(2)34-25/h8-13,15-16,23,28H,4-7,14,17H2,1-3H3/t23-,28-/m0/s1. The fourth-order valence-corrected chi connectivity index (χ4v) is 5.06. The normalized spacial score (nSPS) is 18.5. The maximum absolute atomic E-state index is 6.51. The molecule has 2 aromatic carbocycles. The van der Waals surface area contributed by atoms with Crippen molar-refractivity contribution >= 4 is 21.6 Å². The molecule has 0 saturated carbocycles. The molecule has 5 rings (SSSR count). The van der Waals surface area contributed by atoms with Crippen LogP contribution in [0.3, 0.4) is 0 Å². The van der Waals surface area contributed by atoms with E-state index < -0.39 is 6.23 Å². The summed E-state index contributed by atoms with van der Waals surface area (Å²) in [6.45, 7) is 4.84. The number of furan rings is 1. The number of unbranched alkanes of at least 4 members (excludes halogenated alkanes) is 3. The van der Waals surface area contributed by atoms with E-state index in [1.807, 2.05) is 54.4 Å². The number of hydrogen-bond donors (Lipinski definition) is 0. The van der Waals surface area contributed by atoms with Crippen LogP contribution in [0, 0.1) is 6.92 Å². The van der Waals surface area contributed by atoms with Gasteiger partial charge in [0.15, 0.2) is 11.5 Å². The maximum Gasteiger partial charge on any atom is 0.214 e. The number of aryl methyl sites for hydroxylation is 1. The first kappa shape index (κ1) is 23.8. The summed E-state index contributed by atoms with van der Waals surface area (Å²) in [6, 6.07) is 16.2. The van der Waals surface area contributed by atoms with Crippen LogP contribution in [0.5, 0.6) is 17.2 Å². The van der Waals surface area contributed by atoms with Crippen LogP contribution in [0.4, 0.5) is 0 Å². The van der Waals surface area contributed by atoms with Crippen LogP contribution < -0.4 is 14.2 Å². The molecule has 3 heterocycles. The summed E-state index contributed by atoms with van der Waals surface area (Å²) in [4.78, 5) is 0. The molecule has 7 heteroatoms. The van der Waals surface area contributed by atoms with Crippen molar-refractivity contribution in [2.45, 2.75) is 58.2 Å². The van der Waals surface area contributed by atoms with Crippen molar-refractivity contribution in [3.63, 3.8) is 0 Å². The Morgan fingerprint density at radius 1 is 1.06 bits per heavy atom. The molecule has 0 N–H and O–H groups in total. The molecule has 2 atom stereocenters. The molecule has 0 amide bonds. The summed E-state index contributed by atoms with van der Waals surface area (Å²) in [7, 11) is 1.67. The van der Waals surface area contributed by atoms with Gasteiger partial charge in [0.05, 0.1) is 19.8 Å². The Labute approximate surface area is 215 Å². The van der Waals surface area contributed by atoms with Gasteiger partial charge in [0.25, 0.3) is 0 Å². The highest BCUT2D eigenvalue weighted by atomic mass is 79.9. The molecule has 0 spiro atoms. The molecule has 3 aromatic rings. The Balaban J connectivity index is 1.45. The van der Waals surface area contributed by atoms with Crippen LogP contribution in [-0.2, 0) is 0 Å². The Morgan fingerprint density at radius 2 is 1.94 bits per heavy atom. The van der Waals surface area contributed by atoms with E-state index in [1.165, 1.54) is 19.3 Å². The lowest BCUT2D eigenvalue weighted by molar-refractivity contribution is -0.0192. The predicted octanol–water partition coefficient (Wildman–Crippen LogP) is 7.56. The Kier molecular flexibility index (Phi) is 7.04. The van der Waals surface area contributed by atoms with Gasteiger partial charge in [0.2, 0.25) is 6.23 Å². The second-order valence-corrected chi connectivity index (χ2v) is 9.94. The van der Waals surface area contributed by atoms with Gasteiger partial charge in [-0.1, -0.05) is 42.1 Å². The lowest BCUT2D eigenvalue weighted by Gasteiger charge is -2.38. The second-order valence-electron chi connectivity index (χ2n) is 9.03. The minimum absolute atomic E-state index is 0.0437. The number of ether oxygens (including phenoxy) is 3. The van der Waals surface area contributed by atoms with Gasteiger partial charge in [0.1, 0.15) is 23.0 Å². The van der Waals surface area contributed by atoms with Gasteiger partial charge in [-0.05, 0) is 61.9 Å². The Morgan fingerprint density at radius 3 is 2.71 bits per heavy atom. The number of methoxy groups -OCH3 is 1. The fraction of sp³-hybridized carbons (Fsp3) is 0.393. The van der Waals surface area contributed by atoms with Crippen molar-refractivity contribution in [1.82, 2.24) is 5.01 Å². The first-order valence-electron chi connectivity index (χ1n) is 12.3. The zero-order valence-electron chi connectivity index (χ0n) is 20.4. The topological polar surface area (TPSA) is 56.4 Å². The SMILES string of the molecule is CCCCCCOc1ccc([C@@H]2Oc3ccc(Br)cc3[C@@H]3CC(c4ccc(C)o4)=NN32)cc1OC. The highest BCUT2D eigenvalue weighted by Gasteiger charge is 2.42. The third kappa shape index (κ3) is 4.92. The molecule has 0 saturated heterocycles. The third-order valence-electron chi connectivity index (χ3n) is 6.50. The summed E-state index contributed by atoms with van der Waals surface area (Å²) < 4.78 is 25.1. The fourth-order valence-electron chi connectivity index (χ4n) is 4.68. The number of fused-ring (bicyclic) bond motifs is 3. The van der Waals surface area contributed by atoms with Crippen LogP contribution in [0.2, 0.25) is 0 Å². The Hall–Kier alpha value is -2.93. The predicted molar refractivity (Wildman–Crippen MR) is 139 cm³/mol. The van der Waals surface area contributed by atoms with Crippen LogP contribution in [0.25, 0.3) is 0 Å². The highest BCUT2D eigenvalue weighted by Crippen LogP contribution is 2.49. The number of hydrogen-bond acceptors (Lipinski definition) is 6. The molecule has 6 nitrogen and oxygen atoms in total. The number of hydrazone groups is 1. The van der Waals surface area contributed by atoms with E-state index in [2.05, 4.69) is 28.9 Å². The van der Waals surface area contributed by atoms with E-state index in [-0.39, 0.29) is 6.04 Å². The van der Waals surface area contributed by atoms with Crippen molar-refractivity contribution in [3.8, 4) is 17.2 Å². The maximum atomic E-state index is 6.51. The van der Waals surface area contributed by atoms with Gasteiger partial charge in [0, 0.05) is 22.0 Å².